The molecule has 0 fully saturated rings. The van der Waals surface area contributed by atoms with Crippen LogP contribution in [0.1, 0.15) is 13.8 Å². The van der Waals surface area contributed by atoms with Crippen LogP contribution < -0.4 is 20.2 Å². The molecule has 0 saturated heterocycles. The molecule has 0 aliphatic carbocycles. The number of halogens is 2. The zero-order chi connectivity index (χ0) is 30.1. The van der Waals surface area contributed by atoms with E-state index in [0.29, 0.717) is 55.1 Å². The van der Waals surface area contributed by atoms with E-state index in [1.165, 1.54) is 12.1 Å². The first-order valence-electron chi connectivity index (χ1n) is 13.4. The summed E-state index contributed by atoms with van der Waals surface area (Å²) in [6, 6.07) is 20.0. The summed E-state index contributed by atoms with van der Waals surface area (Å²) >= 11 is 6.01. The normalized spacial score (nSPS) is 11.6. The van der Waals surface area contributed by atoms with Gasteiger partial charge in [0.1, 0.15) is 23.9 Å². The molecule has 6 aromatic rings. The Balaban J connectivity index is 1.26. The monoisotopic (exact) mass is 596 g/mol. The van der Waals surface area contributed by atoms with E-state index < -0.39 is 11.4 Å². The van der Waals surface area contributed by atoms with Crippen molar-refractivity contribution in [3.8, 4) is 28.4 Å². The smallest absolute Gasteiger partial charge is 0.200 e. The molecule has 216 valence electrons. The number of aliphatic hydroxyl groups is 1. The minimum Gasteiger partial charge on any atom is -0.491 e. The van der Waals surface area contributed by atoms with Gasteiger partial charge >= 0.3 is 0 Å². The van der Waals surface area contributed by atoms with Crippen molar-refractivity contribution >= 4 is 44.9 Å². The molecule has 3 N–H and O–H groups in total. The van der Waals surface area contributed by atoms with E-state index in [-0.39, 0.29) is 23.6 Å². The maximum Gasteiger partial charge on any atom is 0.200 e. The average molecular weight is 597 g/mol. The summed E-state index contributed by atoms with van der Waals surface area (Å²) in [7, 11) is 0. The fourth-order valence-corrected chi connectivity index (χ4v) is 4.68. The van der Waals surface area contributed by atoms with Gasteiger partial charge in [-0.3, -0.25) is 9.78 Å². The molecule has 0 aliphatic heterocycles. The van der Waals surface area contributed by atoms with Gasteiger partial charge in [0.15, 0.2) is 11.6 Å². The van der Waals surface area contributed by atoms with Gasteiger partial charge in [0.25, 0.3) is 0 Å². The maximum atomic E-state index is 15.3. The first kappa shape index (κ1) is 28.1. The third-order valence-electron chi connectivity index (χ3n) is 6.63. The Morgan fingerprint density at radius 1 is 0.977 bits per heavy atom. The van der Waals surface area contributed by atoms with Crippen LogP contribution >= 0.6 is 11.6 Å². The number of pyridine rings is 3. The lowest BCUT2D eigenvalue weighted by molar-refractivity contribution is 0.0285. The van der Waals surface area contributed by atoms with E-state index in [1.54, 1.807) is 93.1 Å². The van der Waals surface area contributed by atoms with Crippen molar-refractivity contribution in [3.05, 3.63) is 112 Å². The van der Waals surface area contributed by atoms with Crippen LogP contribution in [0.2, 0.25) is 5.02 Å². The standard InChI is InChI=1S/C33H26ClFN4O4/c1-33(2,41)18-42-22-8-9-23-27(16-22)36-14-12-28(23)43-29-10-7-21(15-25(29)35)39-32-30-26(11-13-37-32)38-17-24(31(30)40)19-3-5-20(34)6-4-19/h3-17,41H,18H2,1-2H3,(H,37,39)(H,38,40). The van der Waals surface area contributed by atoms with Crippen LogP contribution in [0.3, 0.4) is 0 Å². The van der Waals surface area contributed by atoms with E-state index >= 15 is 4.39 Å². The molecule has 0 spiro atoms. The summed E-state index contributed by atoms with van der Waals surface area (Å²) in [6.45, 7) is 3.43. The van der Waals surface area contributed by atoms with Gasteiger partial charge in [0.05, 0.1) is 22.0 Å². The van der Waals surface area contributed by atoms with Crippen molar-refractivity contribution < 1.29 is 19.0 Å². The maximum absolute atomic E-state index is 15.3. The highest BCUT2D eigenvalue weighted by Gasteiger charge is 2.16. The van der Waals surface area contributed by atoms with Gasteiger partial charge in [0, 0.05) is 52.4 Å². The van der Waals surface area contributed by atoms with Gasteiger partial charge in [-0.2, -0.15) is 0 Å². The van der Waals surface area contributed by atoms with E-state index in [9.17, 15) is 9.90 Å². The predicted molar refractivity (Wildman–Crippen MR) is 166 cm³/mol. The Bertz CT molecular complexity index is 2020. The Morgan fingerprint density at radius 3 is 2.53 bits per heavy atom. The lowest BCUT2D eigenvalue weighted by Gasteiger charge is -2.18. The van der Waals surface area contributed by atoms with E-state index in [2.05, 4.69) is 20.3 Å². The molecule has 0 radical (unpaired) electrons. The average Bonchev–Trinajstić information content (AvgIpc) is 2.98. The van der Waals surface area contributed by atoms with Crippen LogP contribution in [-0.4, -0.2) is 32.3 Å². The quantitative estimate of drug-likeness (QED) is 0.166. The van der Waals surface area contributed by atoms with E-state index in [1.807, 2.05) is 0 Å². The molecule has 6 rings (SSSR count). The van der Waals surface area contributed by atoms with E-state index in [4.69, 9.17) is 21.1 Å². The fourth-order valence-electron chi connectivity index (χ4n) is 4.56. The van der Waals surface area contributed by atoms with Gasteiger partial charge in [-0.1, -0.05) is 23.7 Å². The summed E-state index contributed by atoms with van der Waals surface area (Å²) in [5.41, 5.74) is 1.51. The Labute approximate surface area is 250 Å². The largest absolute Gasteiger partial charge is 0.491 e. The van der Waals surface area contributed by atoms with Crippen LogP contribution in [0.25, 0.3) is 32.9 Å². The van der Waals surface area contributed by atoms with Crippen LogP contribution in [0, 0.1) is 5.82 Å². The number of nitrogens with one attached hydrogen (secondary N) is 2. The molecule has 43 heavy (non-hydrogen) atoms. The van der Waals surface area contributed by atoms with Gasteiger partial charge in [-0.05, 0) is 67.9 Å². The molecule has 0 saturated carbocycles. The lowest BCUT2D eigenvalue weighted by atomic mass is 10.1. The summed E-state index contributed by atoms with van der Waals surface area (Å²) in [5.74, 6) is 0.633. The SMILES string of the molecule is CC(C)(O)COc1ccc2c(Oc3ccc(Nc4nccc5[nH]cc(-c6ccc(Cl)cc6)c(=O)c45)cc3F)ccnc2c1. The molecule has 0 amide bonds. The highest BCUT2D eigenvalue weighted by Crippen LogP contribution is 2.34. The van der Waals surface area contributed by atoms with Crippen molar-refractivity contribution in [1.82, 2.24) is 15.0 Å². The van der Waals surface area contributed by atoms with Crippen molar-refractivity contribution in [2.45, 2.75) is 19.4 Å². The number of fused-ring (bicyclic) bond motifs is 2. The fraction of sp³-hybridized carbons (Fsp3) is 0.121. The molecular formula is C33H26ClFN4O4. The van der Waals surface area contributed by atoms with Gasteiger partial charge < -0.3 is 24.9 Å². The topological polar surface area (TPSA) is 109 Å². The number of hydrogen-bond acceptors (Lipinski definition) is 7. The third-order valence-corrected chi connectivity index (χ3v) is 6.88. The van der Waals surface area contributed by atoms with E-state index in [0.717, 1.165) is 0 Å². The first-order chi connectivity index (χ1) is 20.6. The minimum atomic E-state index is -0.981. The number of H-pyrrole nitrogens is 1. The number of aromatic nitrogens is 3. The molecule has 0 aliphatic rings. The summed E-state index contributed by atoms with van der Waals surface area (Å²) in [5, 5.41) is 14.6. The molecule has 8 nitrogen and oxygen atoms in total. The van der Waals surface area contributed by atoms with Crippen LogP contribution in [-0.2, 0) is 0 Å². The number of rotatable bonds is 8. The molecule has 10 heteroatoms. The molecule has 0 atom stereocenters. The van der Waals surface area contributed by atoms with Crippen LogP contribution in [0.15, 0.2) is 96.2 Å². The number of nitrogens with zero attached hydrogens (tertiary/aromatic N) is 2. The highest BCUT2D eigenvalue weighted by atomic mass is 35.5. The Hall–Kier alpha value is -4.99. The highest BCUT2D eigenvalue weighted by molar-refractivity contribution is 6.30. The van der Waals surface area contributed by atoms with Gasteiger partial charge in [-0.25, -0.2) is 9.37 Å². The second-order valence-corrected chi connectivity index (χ2v) is 11.0. The molecule has 3 aromatic carbocycles. The summed E-state index contributed by atoms with van der Waals surface area (Å²) < 4.78 is 26.9. The number of anilines is 2. The van der Waals surface area contributed by atoms with Crippen molar-refractivity contribution in [2.75, 3.05) is 11.9 Å². The molecule has 3 heterocycles. The van der Waals surface area contributed by atoms with Crippen LogP contribution in [0.4, 0.5) is 15.9 Å². The van der Waals surface area contributed by atoms with Gasteiger partial charge in [-0.15, -0.1) is 0 Å². The number of benzene rings is 3. The van der Waals surface area contributed by atoms with Crippen molar-refractivity contribution in [2.24, 2.45) is 0 Å². The van der Waals surface area contributed by atoms with Crippen LogP contribution in [0.5, 0.6) is 17.2 Å². The predicted octanol–water partition coefficient (Wildman–Crippen LogP) is 7.62. The zero-order valence-corrected chi connectivity index (χ0v) is 23.9. The van der Waals surface area contributed by atoms with Gasteiger partial charge in [0.2, 0.25) is 5.43 Å². The Kier molecular flexibility index (Phi) is 7.43. The Morgan fingerprint density at radius 2 is 1.77 bits per heavy atom. The lowest BCUT2D eigenvalue weighted by Crippen LogP contribution is -2.27. The summed E-state index contributed by atoms with van der Waals surface area (Å²) in [4.78, 5) is 25.4. The molecule has 0 unspecified atom stereocenters. The molecular weight excluding hydrogens is 571 g/mol. The summed E-state index contributed by atoms with van der Waals surface area (Å²) in [6.07, 6.45) is 4.77. The van der Waals surface area contributed by atoms with Crippen molar-refractivity contribution in [3.63, 3.8) is 0 Å². The molecule has 3 aromatic heterocycles. The third kappa shape index (κ3) is 6.13. The van der Waals surface area contributed by atoms with Crippen molar-refractivity contribution in [1.29, 1.82) is 0 Å². The first-order valence-corrected chi connectivity index (χ1v) is 13.8. The minimum absolute atomic E-state index is 0.00848. The number of ether oxygens (including phenoxy) is 2. The molecule has 0 bridgehead atoms. The second kappa shape index (κ2) is 11.4. The number of aromatic amines is 1. The second-order valence-electron chi connectivity index (χ2n) is 10.6. The zero-order valence-electron chi connectivity index (χ0n) is 23.2. The number of hydrogen-bond donors (Lipinski definition) is 3.